The van der Waals surface area contributed by atoms with Crippen molar-refractivity contribution in [2.75, 3.05) is 0 Å². The van der Waals surface area contributed by atoms with Crippen molar-refractivity contribution in [2.24, 2.45) is 0 Å². The zero-order valence-corrected chi connectivity index (χ0v) is 16.6. The number of hydrogen-bond donors (Lipinski definition) is 0. The Kier molecular flexibility index (Phi) is 3.29. The molecule has 4 rings (SSSR count). The number of rotatable bonds is 1. The summed E-state index contributed by atoms with van der Waals surface area (Å²) >= 11 is 2.86. The van der Waals surface area contributed by atoms with Crippen LogP contribution < -0.4 is 8.70 Å². The van der Waals surface area contributed by atoms with Crippen LogP contribution in [0.3, 0.4) is 0 Å². The molecule has 1 aliphatic rings. The molecule has 0 nitrogen and oxygen atoms in total. The zero-order valence-electron chi connectivity index (χ0n) is 12.5. The molecular weight excluding hydrogens is 442 g/mol. The number of fused-ring (bicyclic) bond motifs is 3. The second-order valence-electron chi connectivity index (χ2n) is 6.32. The predicted octanol–water partition coefficient (Wildman–Crippen LogP) is 4.53. The fourth-order valence-electron chi connectivity index (χ4n) is 3.66. The van der Waals surface area contributed by atoms with Crippen LogP contribution >= 0.6 is 20.1 Å². The van der Waals surface area contributed by atoms with Crippen LogP contribution in [0.15, 0.2) is 78.9 Å². The summed E-state index contributed by atoms with van der Waals surface area (Å²) in [5.74, 6) is 0. The summed E-state index contributed by atoms with van der Waals surface area (Å²) in [4.78, 5) is 0. The van der Waals surface area contributed by atoms with Gasteiger partial charge in [0.1, 0.15) is 0 Å². The molecule has 2 heteroatoms. The number of halogens is 1. The van der Waals surface area contributed by atoms with Gasteiger partial charge < -0.3 is 0 Å². The van der Waals surface area contributed by atoms with Gasteiger partial charge in [0.05, 0.1) is 0 Å². The molecule has 0 aliphatic carbocycles. The molecule has 1 aliphatic heterocycles. The Bertz CT molecular complexity index is 852. The number of benzene rings is 3. The van der Waals surface area contributed by atoms with E-state index in [1.165, 1.54) is 21.9 Å². The molecular formula is C20H18AsI. The van der Waals surface area contributed by atoms with Crippen molar-refractivity contribution in [3.8, 4) is 11.1 Å². The van der Waals surface area contributed by atoms with Crippen molar-refractivity contribution in [1.29, 1.82) is 0 Å². The molecule has 0 saturated carbocycles. The first kappa shape index (κ1) is 14.5. The Balaban J connectivity index is 2.09. The first-order chi connectivity index (χ1) is 10.6. The molecule has 3 aromatic carbocycles. The predicted molar refractivity (Wildman–Crippen MR) is 107 cm³/mol. The Hall–Kier alpha value is -1.05. The molecule has 3 aromatic rings. The summed E-state index contributed by atoms with van der Waals surface area (Å²) in [5, 5.41) is 1.19. The van der Waals surface area contributed by atoms with E-state index in [0.717, 1.165) is 0 Å². The van der Waals surface area contributed by atoms with Crippen molar-refractivity contribution in [3.05, 3.63) is 84.4 Å². The third-order valence-corrected chi connectivity index (χ3v) is 21.3. The van der Waals surface area contributed by atoms with Gasteiger partial charge >= 0.3 is 144 Å². The molecule has 0 radical (unpaired) electrons. The summed E-state index contributed by atoms with van der Waals surface area (Å²) in [6.07, 6.45) is 0. The van der Waals surface area contributed by atoms with Crippen molar-refractivity contribution in [1.82, 2.24) is 0 Å². The van der Waals surface area contributed by atoms with E-state index in [1.807, 2.05) is 0 Å². The van der Waals surface area contributed by atoms with E-state index in [4.69, 9.17) is 0 Å². The first-order valence-corrected chi connectivity index (χ1v) is 18.4. The zero-order chi connectivity index (χ0) is 15.2. The van der Waals surface area contributed by atoms with E-state index < -0.39 is 9.10 Å². The van der Waals surface area contributed by atoms with Crippen LogP contribution in [0, 0.1) is 0 Å². The molecule has 0 bridgehead atoms. The SMILES string of the molecule is C[As]1(I)(c2ccccc2)Cc2ccccc2-c2ccccc21. The maximum absolute atomic E-state index is 2.86. The van der Waals surface area contributed by atoms with E-state index in [0.29, 0.717) is 0 Å². The molecule has 110 valence electrons. The Labute approximate surface area is 143 Å². The third kappa shape index (κ3) is 2.02. The molecule has 0 aromatic heterocycles. The summed E-state index contributed by atoms with van der Waals surface area (Å²) in [7, 11) is -2.86. The van der Waals surface area contributed by atoms with Crippen molar-refractivity contribution >= 4 is 37.9 Å². The van der Waals surface area contributed by atoms with Gasteiger partial charge in [0.2, 0.25) is 0 Å². The molecule has 0 atom stereocenters. The van der Waals surface area contributed by atoms with Crippen LogP contribution in [0.4, 0.5) is 0 Å². The molecule has 22 heavy (non-hydrogen) atoms. The Morgan fingerprint density at radius 1 is 0.727 bits per heavy atom. The van der Waals surface area contributed by atoms with Crippen LogP contribution in [-0.2, 0) is 5.21 Å². The van der Waals surface area contributed by atoms with Crippen molar-refractivity contribution in [3.63, 3.8) is 0 Å². The Morgan fingerprint density at radius 3 is 2.09 bits per heavy atom. The van der Waals surface area contributed by atoms with E-state index in [-0.39, 0.29) is 0 Å². The molecule has 0 N–H and O–H groups in total. The minimum absolute atomic E-state index is 1.19. The topological polar surface area (TPSA) is 0 Å². The Morgan fingerprint density at radius 2 is 1.32 bits per heavy atom. The summed E-state index contributed by atoms with van der Waals surface area (Å²) in [6, 6.07) is 29.2. The molecule has 0 spiro atoms. The van der Waals surface area contributed by atoms with Gasteiger partial charge in [-0.2, -0.15) is 0 Å². The first-order valence-electron chi connectivity index (χ1n) is 7.55. The fourth-order valence-corrected chi connectivity index (χ4v) is 17.7. The van der Waals surface area contributed by atoms with Crippen LogP contribution in [0.25, 0.3) is 11.1 Å². The fraction of sp³-hybridized carbons (Fsp3) is 0.100. The summed E-state index contributed by atoms with van der Waals surface area (Å²) in [5.41, 5.74) is 6.93. The van der Waals surface area contributed by atoms with Crippen molar-refractivity contribution in [2.45, 2.75) is 10.9 Å². The van der Waals surface area contributed by atoms with Crippen LogP contribution in [-0.4, -0.2) is 9.10 Å². The monoisotopic (exact) mass is 460 g/mol. The van der Waals surface area contributed by atoms with Crippen molar-refractivity contribution < 1.29 is 0 Å². The minimum atomic E-state index is -2.86. The average Bonchev–Trinajstić information content (AvgIpc) is 2.56. The van der Waals surface area contributed by atoms with Gasteiger partial charge in [0.15, 0.2) is 0 Å². The third-order valence-electron chi connectivity index (χ3n) is 4.80. The van der Waals surface area contributed by atoms with Gasteiger partial charge in [-0.1, -0.05) is 0 Å². The molecule has 0 saturated heterocycles. The molecule has 0 fully saturated rings. The van der Waals surface area contributed by atoms with E-state index in [9.17, 15) is 0 Å². The van der Waals surface area contributed by atoms with E-state index in [1.54, 1.807) is 8.70 Å². The average molecular weight is 460 g/mol. The van der Waals surface area contributed by atoms with Gasteiger partial charge in [-0.05, 0) is 0 Å². The van der Waals surface area contributed by atoms with Gasteiger partial charge in [0, 0.05) is 0 Å². The van der Waals surface area contributed by atoms with E-state index >= 15 is 0 Å². The van der Waals surface area contributed by atoms with Crippen LogP contribution in [0.2, 0.25) is 5.71 Å². The summed E-state index contributed by atoms with van der Waals surface area (Å²) < 4.78 is 3.13. The van der Waals surface area contributed by atoms with Gasteiger partial charge in [0.25, 0.3) is 0 Å². The summed E-state index contributed by atoms with van der Waals surface area (Å²) in [6.45, 7) is 0. The normalized spacial score (nSPS) is 19.3. The standard InChI is InChI=1S/C20H18AsI/c1-21(22,17-10-3-2-4-11-17)15-16-9-5-6-12-18(16)19-13-7-8-14-20(19)21/h2-14H,15H2,1H3. The van der Waals surface area contributed by atoms with E-state index in [2.05, 4.69) is 105 Å². The number of hydrogen-bond acceptors (Lipinski definition) is 0. The maximum atomic E-state index is 2.86. The molecule has 0 amide bonds. The quantitative estimate of drug-likeness (QED) is 0.370. The van der Waals surface area contributed by atoms with Crippen LogP contribution in [0.1, 0.15) is 5.56 Å². The second-order valence-corrected chi connectivity index (χ2v) is 29.6. The van der Waals surface area contributed by atoms with Gasteiger partial charge in [-0.15, -0.1) is 0 Å². The van der Waals surface area contributed by atoms with Gasteiger partial charge in [-0.3, -0.25) is 0 Å². The second kappa shape index (κ2) is 4.97. The van der Waals surface area contributed by atoms with Crippen LogP contribution in [0.5, 0.6) is 0 Å². The van der Waals surface area contributed by atoms with Gasteiger partial charge in [-0.25, -0.2) is 0 Å². The molecule has 1 heterocycles. The molecule has 0 unspecified atom stereocenters.